The Labute approximate surface area is 137 Å². The van der Waals surface area contributed by atoms with Gasteiger partial charge in [-0.05, 0) is 56.1 Å². The molecular weight excluding hydrogens is 296 g/mol. The van der Waals surface area contributed by atoms with Crippen LogP contribution in [0.1, 0.15) is 31.2 Å². The van der Waals surface area contributed by atoms with Crippen molar-refractivity contribution in [3.05, 3.63) is 29.8 Å². The molecule has 0 radical (unpaired) electrons. The zero-order chi connectivity index (χ0) is 15.9. The molecule has 2 rings (SSSR count). The lowest BCUT2D eigenvalue weighted by Gasteiger charge is -2.25. The van der Waals surface area contributed by atoms with Gasteiger partial charge in [-0.2, -0.15) is 11.8 Å². The molecule has 22 heavy (non-hydrogen) atoms. The highest BCUT2D eigenvalue weighted by Crippen LogP contribution is 2.30. The van der Waals surface area contributed by atoms with Gasteiger partial charge in [-0.3, -0.25) is 0 Å². The zero-order valence-corrected chi connectivity index (χ0v) is 14.2. The van der Waals surface area contributed by atoms with Gasteiger partial charge in [0.05, 0.1) is 0 Å². The number of rotatable bonds is 6. The van der Waals surface area contributed by atoms with E-state index in [0.717, 1.165) is 25.7 Å². The average molecular weight is 322 g/mol. The summed E-state index contributed by atoms with van der Waals surface area (Å²) in [4.78, 5) is 14.0. The van der Waals surface area contributed by atoms with Gasteiger partial charge in [0.15, 0.2) is 0 Å². The molecule has 2 amide bonds. The van der Waals surface area contributed by atoms with Crippen LogP contribution in [0.15, 0.2) is 24.3 Å². The van der Waals surface area contributed by atoms with E-state index >= 15 is 0 Å². The lowest BCUT2D eigenvalue weighted by molar-refractivity contribution is 0.191. The molecule has 5 heteroatoms. The van der Waals surface area contributed by atoms with Crippen LogP contribution in [0.5, 0.6) is 5.75 Å². The number of hydrogen-bond donors (Lipinski definition) is 2. The Bertz CT molecular complexity index is 478. The van der Waals surface area contributed by atoms with Crippen molar-refractivity contribution in [3.63, 3.8) is 0 Å². The topological polar surface area (TPSA) is 52.6 Å². The number of aromatic hydroxyl groups is 1. The smallest absolute Gasteiger partial charge is 0.317 e. The predicted molar refractivity (Wildman–Crippen MR) is 92.5 cm³/mol. The number of phenols is 1. The minimum Gasteiger partial charge on any atom is -0.508 e. The summed E-state index contributed by atoms with van der Waals surface area (Å²) in [6.45, 7) is 0.683. The predicted octanol–water partition coefficient (Wildman–Crippen LogP) is 3.25. The first kappa shape index (κ1) is 17.0. The van der Waals surface area contributed by atoms with Crippen LogP contribution in [0.2, 0.25) is 0 Å². The van der Waals surface area contributed by atoms with Crippen LogP contribution >= 0.6 is 11.8 Å². The standard InChI is InChI=1S/C17H26N2O2S/c1-19(14-7-10-16(12-14)22-2)17(21)18-11-3-4-13-5-8-15(20)9-6-13/h5-6,8-9,14,16,20H,3-4,7,10-12H2,1-2H3,(H,18,21)/t14-,16-/m1/s1. The van der Waals surface area contributed by atoms with E-state index in [1.807, 2.05) is 35.8 Å². The molecule has 0 saturated heterocycles. The van der Waals surface area contributed by atoms with E-state index in [0.29, 0.717) is 23.6 Å². The number of phenolic OH excluding ortho intramolecular Hbond substituents is 1. The summed E-state index contributed by atoms with van der Waals surface area (Å²) in [7, 11) is 1.91. The number of nitrogens with one attached hydrogen (secondary N) is 1. The molecule has 1 fully saturated rings. The minimum absolute atomic E-state index is 0.0393. The summed E-state index contributed by atoms with van der Waals surface area (Å²) in [5, 5.41) is 12.9. The molecule has 0 spiro atoms. The number of thioether (sulfide) groups is 1. The van der Waals surface area contributed by atoms with Gasteiger partial charge in [0.1, 0.15) is 5.75 Å². The molecule has 2 N–H and O–H groups in total. The fraction of sp³-hybridized carbons (Fsp3) is 0.588. The lowest BCUT2D eigenvalue weighted by Crippen LogP contribution is -2.43. The molecule has 0 aromatic heterocycles. The van der Waals surface area contributed by atoms with Crippen molar-refractivity contribution < 1.29 is 9.90 Å². The van der Waals surface area contributed by atoms with E-state index in [1.165, 1.54) is 12.0 Å². The fourth-order valence-electron chi connectivity index (χ4n) is 2.92. The van der Waals surface area contributed by atoms with Crippen molar-refractivity contribution in [2.24, 2.45) is 0 Å². The third kappa shape index (κ3) is 4.83. The Kier molecular flexibility index (Phi) is 6.43. The van der Waals surface area contributed by atoms with Crippen molar-refractivity contribution in [2.75, 3.05) is 19.8 Å². The second-order valence-corrected chi connectivity index (χ2v) is 7.08. The fourth-order valence-corrected chi connectivity index (χ4v) is 3.71. The third-order valence-electron chi connectivity index (χ3n) is 4.41. The molecule has 1 aliphatic carbocycles. The number of carbonyl (C=O) groups excluding carboxylic acids is 1. The van der Waals surface area contributed by atoms with Crippen LogP contribution in [-0.2, 0) is 6.42 Å². The molecule has 1 aromatic carbocycles. The van der Waals surface area contributed by atoms with Crippen molar-refractivity contribution in [1.29, 1.82) is 0 Å². The van der Waals surface area contributed by atoms with E-state index in [9.17, 15) is 9.90 Å². The molecule has 4 nitrogen and oxygen atoms in total. The van der Waals surface area contributed by atoms with Crippen molar-refractivity contribution in [2.45, 2.75) is 43.4 Å². The van der Waals surface area contributed by atoms with Gasteiger partial charge >= 0.3 is 6.03 Å². The highest BCUT2D eigenvalue weighted by Gasteiger charge is 2.29. The van der Waals surface area contributed by atoms with E-state index in [4.69, 9.17) is 0 Å². The van der Waals surface area contributed by atoms with E-state index in [2.05, 4.69) is 11.6 Å². The highest BCUT2D eigenvalue weighted by atomic mass is 32.2. The number of benzene rings is 1. The molecule has 0 heterocycles. The minimum atomic E-state index is 0.0393. The van der Waals surface area contributed by atoms with Gasteiger partial charge in [0.2, 0.25) is 0 Å². The van der Waals surface area contributed by atoms with Gasteiger partial charge in [0, 0.05) is 24.9 Å². The van der Waals surface area contributed by atoms with E-state index in [-0.39, 0.29) is 6.03 Å². The molecule has 0 unspecified atom stereocenters. The van der Waals surface area contributed by atoms with Gasteiger partial charge in [-0.1, -0.05) is 12.1 Å². The molecule has 1 aliphatic rings. The Morgan fingerprint density at radius 1 is 1.36 bits per heavy atom. The monoisotopic (exact) mass is 322 g/mol. The van der Waals surface area contributed by atoms with Crippen molar-refractivity contribution in [1.82, 2.24) is 10.2 Å². The van der Waals surface area contributed by atoms with E-state index in [1.54, 1.807) is 12.1 Å². The Balaban J connectivity index is 1.66. The summed E-state index contributed by atoms with van der Waals surface area (Å²) < 4.78 is 0. The summed E-state index contributed by atoms with van der Waals surface area (Å²) in [6.07, 6.45) is 7.40. The second kappa shape index (κ2) is 8.32. The summed E-state index contributed by atoms with van der Waals surface area (Å²) in [6, 6.07) is 7.66. The van der Waals surface area contributed by atoms with Crippen LogP contribution in [-0.4, -0.2) is 47.2 Å². The summed E-state index contributed by atoms with van der Waals surface area (Å²) in [5.74, 6) is 0.291. The number of aryl methyl sites for hydroxylation is 1. The maximum Gasteiger partial charge on any atom is 0.317 e. The highest BCUT2D eigenvalue weighted by molar-refractivity contribution is 7.99. The number of nitrogens with zero attached hydrogens (tertiary/aromatic N) is 1. The third-order valence-corrected chi connectivity index (χ3v) is 5.51. The first-order valence-electron chi connectivity index (χ1n) is 7.91. The molecular formula is C17H26N2O2S. The summed E-state index contributed by atoms with van der Waals surface area (Å²) in [5.41, 5.74) is 1.18. The van der Waals surface area contributed by atoms with Crippen LogP contribution in [0.4, 0.5) is 4.79 Å². The Hall–Kier alpha value is -1.36. The molecule has 1 aromatic rings. The van der Waals surface area contributed by atoms with Gasteiger partial charge in [-0.25, -0.2) is 4.79 Å². The van der Waals surface area contributed by atoms with Crippen molar-refractivity contribution in [3.8, 4) is 5.75 Å². The number of urea groups is 1. The molecule has 1 saturated carbocycles. The molecule has 122 valence electrons. The molecule has 0 aliphatic heterocycles. The summed E-state index contributed by atoms with van der Waals surface area (Å²) >= 11 is 1.91. The Morgan fingerprint density at radius 2 is 2.09 bits per heavy atom. The average Bonchev–Trinajstić information content (AvgIpc) is 3.01. The Morgan fingerprint density at radius 3 is 2.73 bits per heavy atom. The lowest BCUT2D eigenvalue weighted by atomic mass is 10.1. The number of hydrogen-bond acceptors (Lipinski definition) is 3. The van der Waals surface area contributed by atoms with Gasteiger partial charge < -0.3 is 15.3 Å². The van der Waals surface area contributed by atoms with Crippen LogP contribution in [0.25, 0.3) is 0 Å². The van der Waals surface area contributed by atoms with Crippen LogP contribution in [0, 0.1) is 0 Å². The van der Waals surface area contributed by atoms with Gasteiger partial charge in [-0.15, -0.1) is 0 Å². The quantitative estimate of drug-likeness (QED) is 0.791. The maximum atomic E-state index is 12.2. The van der Waals surface area contributed by atoms with Crippen molar-refractivity contribution >= 4 is 17.8 Å². The zero-order valence-electron chi connectivity index (χ0n) is 13.4. The van der Waals surface area contributed by atoms with E-state index < -0.39 is 0 Å². The molecule has 0 bridgehead atoms. The SMILES string of the molecule is CS[C@@H]1CC[C@@H](N(C)C(=O)NCCCc2ccc(O)cc2)C1. The van der Waals surface area contributed by atoms with Crippen LogP contribution in [0.3, 0.4) is 0 Å². The first-order valence-corrected chi connectivity index (χ1v) is 9.20. The largest absolute Gasteiger partial charge is 0.508 e. The second-order valence-electron chi connectivity index (χ2n) is 5.94. The first-order chi connectivity index (χ1) is 10.6. The normalized spacial score (nSPS) is 20.8. The molecule has 2 atom stereocenters. The number of amides is 2. The maximum absolute atomic E-state index is 12.2. The van der Waals surface area contributed by atoms with Crippen LogP contribution < -0.4 is 5.32 Å². The number of carbonyl (C=O) groups is 1. The van der Waals surface area contributed by atoms with Gasteiger partial charge in [0.25, 0.3) is 0 Å².